The first-order valence-electron chi connectivity index (χ1n) is 12.9. The second-order valence-corrected chi connectivity index (χ2v) is 17.0. The third-order valence-electron chi connectivity index (χ3n) is 10.1. The molecule has 0 aromatic rings. The average molecular weight is 463 g/mol. The van der Waals surface area contributed by atoms with Gasteiger partial charge >= 0.3 is 0 Å². The van der Waals surface area contributed by atoms with E-state index >= 15 is 0 Å². The molecule has 0 N–H and O–H groups in total. The lowest BCUT2D eigenvalue weighted by Gasteiger charge is -2.62. The van der Waals surface area contributed by atoms with Crippen LogP contribution < -0.4 is 0 Å². The van der Waals surface area contributed by atoms with Crippen LogP contribution in [0.2, 0.25) is 19.6 Å². The Hall–Kier alpha value is -0.883. The number of rotatable bonds is 5. The lowest BCUT2D eigenvalue weighted by molar-refractivity contribution is -0.122. The molecule has 0 aromatic heterocycles. The molecule has 0 heterocycles. The van der Waals surface area contributed by atoms with Crippen molar-refractivity contribution in [2.45, 2.75) is 104 Å². The van der Waals surface area contributed by atoms with Gasteiger partial charge in [0.2, 0.25) is 0 Å². The van der Waals surface area contributed by atoms with Crippen LogP contribution in [0.25, 0.3) is 0 Å². The van der Waals surface area contributed by atoms with Crippen LogP contribution in [0.1, 0.15) is 78.6 Å². The SMILES string of the molecule is CO/N=C1\CC[C@@]2(C)[C@H](CC[C@@H]3[C@@H]2CC[C@@]2(C)[C@H]3CC[C@]2(O[Si](C)(C)C)/C(C)=N/OC)C1. The molecule has 32 heavy (non-hydrogen) atoms. The molecule has 0 bridgehead atoms. The fraction of sp³-hybridized carbons (Fsp3) is 0.923. The van der Waals surface area contributed by atoms with Gasteiger partial charge in [-0.1, -0.05) is 24.2 Å². The average Bonchev–Trinajstić information content (AvgIpc) is 3.00. The first-order valence-corrected chi connectivity index (χ1v) is 16.3. The fourth-order valence-corrected chi connectivity index (χ4v) is 10.4. The minimum atomic E-state index is -1.77. The van der Waals surface area contributed by atoms with Crippen LogP contribution in [0.5, 0.6) is 0 Å². The first kappa shape index (κ1) is 24.2. The standard InChI is InChI=1S/C26H46N2O3Si/c1-18(27-29-4)26(31-32(6,7)8)16-13-23-21-10-9-19-17-20(28-30-5)11-14-24(19,2)22(21)12-15-25(23,26)3/h19,21-23H,9-17H2,1-8H3/b27-18+,28-20+/t19-,21-,22+,23+,24+,25+,26+/m1/s1. The van der Waals surface area contributed by atoms with Gasteiger partial charge in [-0.2, -0.15) is 0 Å². The second-order valence-electron chi connectivity index (χ2n) is 12.6. The van der Waals surface area contributed by atoms with Crippen molar-refractivity contribution in [3.05, 3.63) is 0 Å². The highest BCUT2D eigenvalue weighted by Gasteiger charge is 2.67. The van der Waals surface area contributed by atoms with E-state index in [2.05, 4.69) is 50.7 Å². The van der Waals surface area contributed by atoms with Gasteiger partial charge in [0.1, 0.15) is 19.8 Å². The molecular formula is C26H46N2O3Si. The highest BCUT2D eigenvalue weighted by Crippen LogP contribution is 2.69. The zero-order chi connectivity index (χ0) is 23.4. The van der Waals surface area contributed by atoms with E-state index in [4.69, 9.17) is 14.1 Å². The Labute approximate surface area is 196 Å². The van der Waals surface area contributed by atoms with Crippen molar-refractivity contribution >= 4 is 19.7 Å². The summed E-state index contributed by atoms with van der Waals surface area (Å²) in [6, 6.07) is 0. The smallest absolute Gasteiger partial charge is 0.185 e. The second kappa shape index (κ2) is 8.40. The van der Waals surface area contributed by atoms with Crippen molar-refractivity contribution < 1.29 is 14.1 Å². The van der Waals surface area contributed by atoms with Crippen molar-refractivity contribution in [2.75, 3.05) is 14.2 Å². The first-order chi connectivity index (χ1) is 15.0. The monoisotopic (exact) mass is 462 g/mol. The lowest BCUT2D eigenvalue weighted by Crippen LogP contribution is -2.61. The molecule has 0 spiro atoms. The Kier molecular flexibility index (Phi) is 6.37. The molecule has 0 amide bonds. The van der Waals surface area contributed by atoms with Gasteiger partial charge in [-0.15, -0.1) is 0 Å². The van der Waals surface area contributed by atoms with Crippen molar-refractivity contribution in [3.8, 4) is 0 Å². The van der Waals surface area contributed by atoms with Gasteiger partial charge in [-0.3, -0.25) is 0 Å². The Balaban J connectivity index is 1.65. The molecule has 0 unspecified atom stereocenters. The van der Waals surface area contributed by atoms with Gasteiger partial charge in [0.05, 0.1) is 11.4 Å². The van der Waals surface area contributed by atoms with Crippen LogP contribution in [-0.2, 0) is 14.1 Å². The summed E-state index contributed by atoms with van der Waals surface area (Å²) in [6.07, 6.45) is 11.1. The van der Waals surface area contributed by atoms with E-state index in [1.165, 1.54) is 44.2 Å². The van der Waals surface area contributed by atoms with E-state index in [9.17, 15) is 0 Å². The van der Waals surface area contributed by atoms with Gasteiger partial charge in [0.25, 0.3) is 0 Å². The Morgan fingerprint density at radius 3 is 2.31 bits per heavy atom. The van der Waals surface area contributed by atoms with Crippen LogP contribution >= 0.6 is 0 Å². The highest BCUT2D eigenvalue weighted by molar-refractivity contribution is 6.70. The van der Waals surface area contributed by atoms with Crippen molar-refractivity contribution in [3.63, 3.8) is 0 Å². The molecule has 182 valence electrons. The predicted molar refractivity (Wildman–Crippen MR) is 133 cm³/mol. The molecule has 4 fully saturated rings. The number of fused-ring (bicyclic) bond motifs is 5. The Bertz CT molecular complexity index is 778. The van der Waals surface area contributed by atoms with Crippen LogP contribution in [0.15, 0.2) is 10.3 Å². The van der Waals surface area contributed by atoms with Crippen LogP contribution in [0.4, 0.5) is 0 Å². The molecule has 0 aromatic carbocycles. The fourth-order valence-electron chi connectivity index (χ4n) is 8.84. The van der Waals surface area contributed by atoms with Crippen LogP contribution in [0.3, 0.4) is 0 Å². The molecule has 4 saturated carbocycles. The topological polar surface area (TPSA) is 52.4 Å². The number of hydrogen-bond donors (Lipinski definition) is 0. The molecule has 7 atom stereocenters. The molecule has 0 aliphatic heterocycles. The van der Waals surface area contributed by atoms with Gasteiger partial charge in [-0.25, -0.2) is 0 Å². The summed E-state index contributed by atoms with van der Waals surface area (Å²) >= 11 is 0. The van der Waals surface area contributed by atoms with Gasteiger partial charge < -0.3 is 14.1 Å². The summed E-state index contributed by atoms with van der Waals surface area (Å²) in [5.74, 6) is 3.10. The van der Waals surface area contributed by atoms with E-state index in [0.29, 0.717) is 11.3 Å². The molecular weight excluding hydrogens is 416 g/mol. The number of nitrogens with zero attached hydrogens (tertiary/aromatic N) is 2. The van der Waals surface area contributed by atoms with Crippen molar-refractivity contribution in [2.24, 2.45) is 44.8 Å². The summed E-state index contributed by atoms with van der Waals surface area (Å²) in [6.45, 7) is 14.3. The maximum absolute atomic E-state index is 7.12. The lowest BCUT2D eigenvalue weighted by atomic mass is 9.44. The highest BCUT2D eigenvalue weighted by atomic mass is 28.4. The molecule has 6 heteroatoms. The normalized spacial score (nSPS) is 45.8. The van der Waals surface area contributed by atoms with Crippen LogP contribution in [0, 0.1) is 34.5 Å². The van der Waals surface area contributed by atoms with Crippen molar-refractivity contribution in [1.82, 2.24) is 0 Å². The summed E-state index contributed by atoms with van der Waals surface area (Å²) in [5.41, 5.74) is 2.65. The third kappa shape index (κ3) is 3.68. The van der Waals surface area contributed by atoms with E-state index < -0.39 is 8.32 Å². The Morgan fingerprint density at radius 1 is 0.938 bits per heavy atom. The molecule has 0 saturated heterocycles. The third-order valence-corrected chi connectivity index (χ3v) is 11.1. The zero-order valence-corrected chi connectivity index (χ0v) is 22.8. The number of oxime groups is 2. The van der Waals surface area contributed by atoms with E-state index in [0.717, 1.165) is 42.7 Å². The zero-order valence-electron chi connectivity index (χ0n) is 21.8. The van der Waals surface area contributed by atoms with Gasteiger partial charge in [-0.05, 0) is 113 Å². The van der Waals surface area contributed by atoms with Crippen molar-refractivity contribution in [1.29, 1.82) is 0 Å². The summed E-state index contributed by atoms with van der Waals surface area (Å²) in [4.78, 5) is 10.4. The quantitative estimate of drug-likeness (QED) is 0.261. The molecule has 4 aliphatic rings. The minimum absolute atomic E-state index is 0.140. The predicted octanol–water partition coefficient (Wildman–Crippen LogP) is 6.64. The molecule has 4 aliphatic carbocycles. The maximum atomic E-state index is 7.12. The van der Waals surface area contributed by atoms with Gasteiger partial charge in [0, 0.05) is 5.41 Å². The Morgan fingerprint density at radius 2 is 1.66 bits per heavy atom. The minimum Gasteiger partial charge on any atom is -0.406 e. The van der Waals surface area contributed by atoms with E-state index in [1.807, 2.05) is 0 Å². The summed E-state index contributed by atoms with van der Waals surface area (Å²) in [5, 5.41) is 8.84. The van der Waals surface area contributed by atoms with Crippen LogP contribution in [-0.4, -0.2) is 39.6 Å². The van der Waals surface area contributed by atoms with E-state index in [-0.39, 0.29) is 11.0 Å². The maximum Gasteiger partial charge on any atom is 0.185 e. The molecule has 4 rings (SSSR count). The largest absolute Gasteiger partial charge is 0.406 e. The summed E-state index contributed by atoms with van der Waals surface area (Å²) in [7, 11) is 1.58. The van der Waals surface area contributed by atoms with Gasteiger partial charge in [0.15, 0.2) is 8.32 Å². The summed E-state index contributed by atoms with van der Waals surface area (Å²) < 4.78 is 7.12. The number of hydrogen-bond acceptors (Lipinski definition) is 5. The van der Waals surface area contributed by atoms with E-state index in [1.54, 1.807) is 14.2 Å². The molecule has 0 radical (unpaired) electrons. The molecule has 5 nitrogen and oxygen atoms in total.